The van der Waals surface area contributed by atoms with Gasteiger partial charge in [0, 0.05) is 17.3 Å². The molecular weight excluding hydrogens is 336 g/mol. The van der Waals surface area contributed by atoms with E-state index < -0.39 is 23.4 Å². The number of hydrogen-bond acceptors (Lipinski definition) is 5. The molecule has 8 heteroatoms. The van der Waals surface area contributed by atoms with Crippen LogP contribution in [0.15, 0.2) is 46.1 Å². The van der Waals surface area contributed by atoms with E-state index >= 15 is 0 Å². The maximum Gasteiger partial charge on any atom is 0.338 e. The lowest BCUT2D eigenvalue weighted by Crippen LogP contribution is -2.31. The Labute approximate surface area is 141 Å². The topological polar surface area (TPSA) is 90.4 Å². The molecule has 1 aromatic heterocycles. The molecule has 3 rings (SSSR count). The second-order valence-corrected chi connectivity index (χ2v) is 5.85. The summed E-state index contributed by atoms with van der Waals surface area (Å²) >= 11 is 5.84. The van der Waals surface area contributed by atoms with Crippen LogP contribution < -0.4 is 11.2 Å². The summed E-state index contributed by atoms with van der Waals surface area (Å²) in [6, 6.07) is 7.75. The third-order valence-corrected chi connectivity index (χ3v) is 3.94. The summed E-state index contributed by atoms with van der Waals surface area (Å²) in [5.41, 5.74) is -0.612. The lowest BCUT2D eigenvalue weighted by molar-refractivity contribution is -0.0340. The number of ether oxygens (including phenoxy) is 2. The lowest BCUT2D eigenvalue weighted by atomic mass is 10.2. The van der Waals surface area contributed by atoms with Gasteiger partial charge in [0.05, 0.1) is 11.7 Å². The predicted octanol–water partition coefficient (Wildman–Crippen LogP) is 1.72. The van der Waals surface area contributed by atoms with E-state index in [9.17, 15) is 14.4 Å². The lowest BCUT2D eigenvalue weighted by Gasteiger charge is -2.15. The third kappa shape index (κ3) is 3.74. The minimum Gasteiger partial charge on any atom is -0.459 e. The van der Waals surface area contributed by atoms with Gasteiger partial charge in [0.2, 0.25) is 0 Å². The van der Waals surface area contributed by atoms with Crippen molar-refractivity contribution >= 4 is 17.6 Å². The van der Waals surface area contributed by atoms with Gasteiger partial charge < -0.3 is 9.47 Å². The van der Waals surface area contributed by atoms with Crippen molar-refractivity contribution in [1.29, 1.82) is 0 Å². The van der Waals surface area contributed by atoms with Crippen molar-refractivity contribution in [2.45, 2.75) is 25.2 Å². The normalized spacial score (nSPS) is 20.0. The van der Waals surface area contributed by atoms with E-state index in [1.807, 2.05) is 0 Å². The molecule has 1 saturated heterocycles. The Kier molecular flexibility index (Phi) is 4.82. The van der Waals surface area contributed by atoms with Gasteiger partial charge in [-0.15, -0.1) is 0 Å². The van der Waals surface area contributed by atoms with Gasteiger partial charge in [0.15, 0.2) is 0 Å². The smallest absolute Gasteiger partial charge is 0.338 e. The SMILES string of the molecule is O=C(OCC1CCC(n2ccc(=O)[nH]c2=O)O1)c1cccc(Cl)c1. The molecule has 126 valence electrons. The van der Waals surface area contributed by atoms with Crippen LogP contribution in [-0.4, -0.2) is 28.2 Å². The summed E-state index contributed by atoms with van der Waals surface area (Å²) in [7, 11) is 0. The summed E-state index contributed by atoms with van der Waals surface area (Å²) in [6.07, 6.45) is 1.83. The highest BCUT2D eigenvalue weighted by Crippen LogP contribution is 2.27. The first-order valence-corrected chi connectivity index (χ1v) is 7.80. The number of hydrogen-bond donors (Lipinski definition) is 1. The Bertz CT molecular complexity index is 860. The van der Waals surface area contributed by atoms with Crippen molar-refractivity contribution < 1.29 is 14.3 Å². The van der Waals surface area contributed by atoms with E-state index in [4.69, 9.17) is 21.1 Å². The van der Waals surface area contributed by atoms with Gasteiger partial charge in [0.25, 0.3) is 5.56 Å². The zero-order chi connectivity index (χ0) is 17.1. The van der Waals surface area contributed by atoms with Crippen LogP contribution >= 0.6 is 11.6 Å². The largest absolute Gasteiger partial charge is 0.459 e. The van der Waals surface area contributed by atoms with E-state index in [2.05, 4.69) is 4.98 Å². The molecule has 0 amide bonds. The molecule has 1 aliphatic heterocycles. The Balaban J connectivity index is 1.57. The monoisotopic (exact) mass is 350 g/mol. The van der Waals surface area contributed by atoms with Crippen molar-refractivity contribution in [2.24, 2.45) is 0 Å². The molecule has 2 heterocycles. The van der Waals surface area contributed by atoms with Gasteiger partial charge in [-0.25, -0.2) is 9.59 Å². The summed E-state index contributed by atoms with van der Waals surface area (Å²) < 4.78 is 12.3. The average molecular weight is 351 g/mol. The Morgan fingerprint density at radius 1 is 1.33 bits per heavy atom. The highest BCUT2D eigenvalue weighted by atomic mass is 35.5. The molecule has 0 spiro atoms. The number of H-pyrrole nitrogens is 1. The van der Waals surface area contributed by atoms with Crippen LogP contribution in [0.1, 0.15) is 29.4 Å². The first-order valence-electron chi connectivity index (χ1n) is 7.42. The summed E-state index contributed by atoms with van der Waals surface area (Å²) in [5, 5.41) is 0.457. The number of nitrogens with one attached hydrogen (secondary N) is 1. The molecule has 2 aromatic rings. The number of carbonyl (C=O) groups excluding carboxylic acids is 1. The molecule has 0 saturated carbocycles. The standard InChI is InChI=1S/C16H15ClN2O5/c17-11-3-1-2-10(8-11)15(21)23-9-12-4-5-14(24-12)19-7-6-13(20)18-16(19)22/h1-3,6-8,12,14H,4-5,9H2,(H,18,20,22). The molecule has 0 radical (unpaired) electrons. The maximum absolute atomic E-state index is 12.0. The zero-order valence-electron chi connectivity index (χ0n) is 12.6. The van der Waals surface area contributed by atoms with E-state index in [0.29, 0.717) is 23.4 Å². The molecular formula is C16H15ClN2O5. The number of rotatable bonds is 4. The van der Waals surface area contributed by atoms with Crippen LogP contribution in [0, 0.1) is 0 Å². The van der Waals surface area contributed by atoms with Crippen molar-refractivity contribution in [2.75, 3.05) is 6.61 Å². The van der Waals surface area contributed by atoms with Gasteiger partial charge >= 0.3 is 11.7 Å². The van der Waals surface area contributed by atoms with Crippen molar-refractivity contribution in [1.82, 2.24) is 9.55 Å². The first-order chi connectivity index (χ1) is 11.5. The second-order valence-electron chi connectivity index (χ2n) is 5.42. The molecule has 1 fully saturated rings. The number of benzene rings is 1. The van der Waals surface area contributed by atoms with Crippen LogP contribution in [0.25, 0.3) is 0 Å². The minimum atomic E-state index is -0.524. The van der Waals surface area contributed by atoms with Gasteiger partial charge in [-0.3, -0.25) is 14.3 Å². The van der Waals surface area contributed by atoms with Gasteiger partial charge in [-0.05, 0) is 31.0 Å². The second kappa shape index (κ2) is 7.02. The fourth-order valence-electron chi connectivity index (χ4n) is 2.54. The van der Waals surface area contributed by atoms with Gasteiger partial charge in [-0.2, -0.15) is 0 Å². The van der Waals surface area contributed by atoms with Gasteiger partial charge in [-0.1, -0.05) is 17.7 Å². The quantitative estimate of drug-likeness (QED) is 0.848. The van der Waals surface area contributed by atoms with Crippen molar-refractivity contribution in [3.8, 4) is 0 Å². The van der Waals surface area contributed by atoms with Crippen LogP contribution in [0.4, 0.5) is 0 Å². The van der Waals surface area contributed by atoms with Crippen molar-refractivity contribution in [3.63, 3.8) is 0 Å². The first kappa shape index (κ1) is 16.5. The average Bonchev–Trinajstić information content (AvgIpc) is 3.01. The highest BCUT2D eigenvalue weighted by molar-refractivity contribution is 6.30. The zero-order valence-corrected chi connectivity index (χ0v) is 13.4. The third-order valence-electron chi connectivity index (χ3n) is 3.71. The van der Waals surface area contributed by atoms with Crippen LogP contribution in [0.2, 0.25) is 5.02 Å². The van der Waals surface area contributed by atoms with E-state index in [0.717, 1.165) is 0 Å². The minimum absolute atomic E-state index is 0.0833. The fraction of sp³-hybridized carbons (Fsp3) is 0.312. The molecule has 0 bridgehead atoms. The number of aromatic nitrogens is 2. The predicted molar refractivity (Wildman–Crippen MR) is 86.2 cm³/mol. The van der Waals surface area contributed by atoms with Crippen LogP contribution in [-0.2, 0) is 9.47 Å². The molecule has 2 atom stereocenters. The summed E-state index contributed by atoms with van der Waals surface area (Å²) in [5.74, 6) is -0.481. The van der Waals surface area contributed by atoms with Gasteiger partial charge in [0.1, 0.15) is 12.8 Å². The maximum atomic E-state index is 12.0. The van der Waals surface area contributed by atoms with E-state index in [1.54, 1.807) is 18.2 Å². The molecule has 24 heavy (non-hydrogen) atoms. The highest BCUT2D eigenvalue weighted by Gasteiger charge is 2.28. The van der Waals surface area contributed by atoms with E-state index in [-0.39, 0.29) is 12.7 Å². The van der Waals surface area contributed by atoms with Crippen LogP contribution in [0.5, 0.6) is 0 Å². The molecule has 7 nitrogen and oxygen atoms in total. The number of aromatic amines is 1. The van der Waals surface area contributed by atoms with Crippen molar-refractivity contribution in [3.05, 3.63) is 68.0 Å². The number of carbonyl (C=O) groups is 1. The number of esters is 1. The Morgan fingerprint density at radius 3 is 2.92 bits per heavy atom. The van der Waals surface area contributed by atoms with E-state index in [1.165, 1.54) is 22.9 Å². The summed E-state index contributed by atoms with van der Waals surface area (Å²) in [6.45, 7) is 0.0833. The molecule has 0 aliphatic carbocycles. The van der Waals surface area contributed by atoms with Crippen LogP contribution in [0.3, 0.4) is 0 Å². The Hall–Kier alpha value is -2.38. The molecule has 1 aromatic carbocycles. The number of halogens is 1. The summed E-state index contributed by atoms with van der Waals surface area (Å²) in [4.78, 5) is 37.0. The Morgan fingerprint density at radius 2 is 2.17 bits per heavy atom. The molecule has 1 N–H and O–H groups in total. The number of nitrogens with zero attached hydrogens (tertiary/aromatic N) is 1. The molecule has 1 aliphatic rings. The molecule has 2 unspecified atom stereocenters. The fourth-order valence-corrected chi connectivity index (χ4v) is 2.73.